The van der Waals surface area contributed by atoms with Crippen LogP contribution < -0.4 is 5.32 Å². The van der Waals surface area contributed by atoms with E-state index in [0.29, 0.717) is 30.7 Å². The highest BCUT2D eigenvalue weighted by molar-refractivity contribution is 5.91. The molecular weight excluding hydrogens is 286 g/mol. The second-order valence-electron chi connectivity index (χ2n) is 5.49. The standard InChI is InChI=1S/C15H19N3O4/c1-9-3-4-12(21-9)14(19)17-13(11-5-7-20-8-6-11)15-16-10(2)18-22-15/h3-4,11,13H,5-8H2,1-2H3,(H,17,19)/t13-/m0/s1. The smallest absolute Gasteiger partial charge is 0.287 e. The summed E-state index contributed by atoms with van der Waals surface area (Å²) in [5.41, 5.74) is 0. The number of hydrogen-bond donors (Lipinski definition) is 1. The number of aromatic nitrogens is 2. The zero-order valence-corrected chi connectivity index (χ0v) is 12.7. The normalized spacial score (nSPS) is 17.4. The quantitative estimate of drug-likeness (QED) is 0.931. The third-order valence-electron chi connectivity index (χ3n) is 3.80. The van der Waals surface area contributed by atoms with Crippen molar-refractivity contribution in [1.82, 2.24) is 15.5 Å². The molecule has 0 radical (unpaired) electrons. The van der Waals surface area contributed by atoms with Crippen LogP contribution >= 0.6 is 0 Å². The van der Waals surface area contributed by atoms with Gasteiger partial charge in [0.05, 0.1) is 0 Å². The number of rotatable bonds is 4. The van der Waals surface area contributed by atoms with E-state index in [-0.39, 0.29) is 23.6 Å². The topological polar surface area (TPSA) is 90.4 Å². The molecule has 1 N–H and O–H groups in total. The Morgan fingerprint density at radius 3 is 2.68 bits per heavy atom. The first kappa shape index (κ1) is 14.8. The summed E-state index contributed by atoms with van der Waals surface area (Å²) in [6.45, 7) is 4.90. The highest BCUT2D eigenvalue weighted by Gasteiger charge is 2.31. The molecule has 1 aliphatic heterocycles. The van der Waals surface area contributed by atoms with Gasteiger partial charge in [0, 0.05) is 13.2 Å². The maximum atomic E-state index is 12.4. The van der Waals surface area contributed by atoms with Crippen molar-refractivity contribution >= 4 is 5.91 Å². The molecule has 3 heterocycles. The van der Waals surface area contributed by atoms with Crippen molar-refractivity contribution < 1.29 is 18.5 Å². The van der Waals surface area contributed by atoms with Gasteiger partial charge in [0.2, 0.25) is 5.89 Å². The summed E-state index contributed by atoms with van der Waals surface area (Å²) in [6, 6.07) is 3.09. The van der Waals surface area contributed by atoms with Crippen molar-refractivity contribution in [2.75, 3.05) is 13.2 Å². The Hall–Kier alpha value is -2.15. The average molecular weight is 305 g/mol. The van der Waals surface area contributed by atoms with Crippen LogP contribution in [0.5, 0.6) is 0 Å². The average Bonchev–Trinajstić information content (AvgIpc) is 3.14. The Morgan fingerprint density at radius 1 is 1.32 bits per heavy atom. The third-order valence-corrected chi connectivity index (χ3v) is 3.80. The molecule has 7 heteroatoms. The minimum absolute atomic E-state index is 0.202. The molecule has 1 saturated heterocycles. The SMILES string of the molecule is Cc1noc([C@@H](NC(=O)c2ccc(C)o2)C2CCOCC2)n1. The van der Waals surface area contributed by atoms with Crippen LogP contribution in [0.2, 0.25) is 0 Å². The number of nitrogens with zero attached hydrogens (tertiary/aromatic N) is 2. The highest BCUT2D eigenvalue weighted by atomic mass is 16.5. The first-order valence-corrected chi connectivity index (χ1v) is 7.39. The number of nitrogens with one attached hydrogen (secondary N) is 1. The molecule has 1 fully saturated rings. The Labute approximate surface area is 128 Å². The maximum absolute atomic E-state index is 12.4. The van der Waals surface area contributed by atoms with Crippen LogP contribution in [0.1, 0.15) is 46.9 Å². The van der Waals surface area contributed by atoms with Gasteiger partial charge < -0.3 is 19.0 Å². The van der Waals surface area contributed by atoms with Crippen molar-refractivity contribution in [1.29, 1.82) is 0 Å². The fraction of sp³-hybridized carbons (Fsp3) is 0.533. The second-order valence-corrected chi connectivity index (χ2v) is 5.49. The van der Waals surface area contributed by atoms with Gasteiger partial charge in [-0.05, 0) is 44.7 Å². The van der Waals surface area contributed by atoms with E-state index in [9.17, 15) is 4.79 Å². The van der Waals surface area contributed by atoms with Gasteiger partial charge in [-0.2, -0.15) is 4.98 Å². The summed E-state index contributed by atoms with van der Waals surface area (Å²) in [5, 5.41) is 6.79. The van der Waals surface area contributed by atoms with Crippen LogP contribution in [-0.4, -0.2) is 29.3 Å². The molecule has 1 atom stereocenters. The molecule has 2 aromatic heterocycles. The molecule has 0 spiro atoms. The van der Waals surface area contributed by atoms with Crippen LogP contribution in [0.15, 0.2) is 21.1 Å². The molecule has 0 aromatic carbocycles. The van der Waals surface area contributed by atoms with Gasteiger partial charge in [0.25, 0.3) is 5.91 Å². The van der Waals surface area contributed by atoms with E-state index in [2.05, 4.69) is 15.5 Å². The molecular formula is C15H19N3O4. The van der Waals surface area contributed by atoms with Gasteiger partial charge in [-0.15, -0.1) is 0 Å². The Balaban J connectivity index is 1.80. The minimum atomic E-state index is -0.331. The third kappa shape index (κ3) is 3.19. The van der Waals surface area contributed by atoms with Crippen LogP contribution in [0, 0.1) is 19.8 Å². The molecule has 3 rings (SSSR count). The number of furan rings is 1. The second kappa shape index (κ2) is 6.31. The van der Waals surface area contributed by atoms with Gasteiger partial charge in [0.15, 0.2) is 11.6 Å². The van der Waals surface area contributed by atoms with Crippen LogP contribution in [0.25, 0.3) is 0 Å². The Bertz CT molecular complexity index is 643. The van der Waals surface area contributed by atoms with E-state index < -0.39 is 0 Å². The predicted octanol–water partition coefficient (Wildman–Crippen LogP) is 2.18. The summed E-state index contributed by atoms with van der Waals surface area (Å²) in [5.74, 6) is 1.89. The van der Waals surface area contributed by atoms with E-state index in [0.717, 1.165) is 12.8 Å². The molecule has 118 valence electrons. The lowest BCUT2D eigenvalue weighted by molar-refractivity contribution is 0.0463. The fourth-order valence-corrected chi connectivity index (χ4v) is 2.64. The zero-order chi connectivity index (χ0) is 15.5. The molecule has 22 heavy (non-hydrogen) atoms. The number of ether oxygens (including phenoxy) is 1. The van der Waals surface area contributed by atoms with Gasteiger partial charge in [-0.25, -0.2) is 0 Å². The molecule has 0 aliphatic carbocycles. The fourth-order valence-electron chi connectivity index (χ4n) is 2.64. The molecule has 0 unspecified atom stereocenters. The lowest BCUT2D eigenvalue weighted by Gasteiger charge is -2.28. The van der Waals surface area contributed by atoms with Gasteiger partial charge >= 0.3 is 0 Å². The van der Waals surface area contributed by atoms with Crippen LogP contribution in [0.3, 0.4) is 0 Å². The van der Waals surface area contributed by atoms with Crippen molar-refractivity contribution in [3.8, 4) is 0 Å². The first-order chi connectivity index (χ1) is 10.6. The predicted molar refractivity (Wildman–Crippen MR) is 76.2 cm³/mol. The summed E-state index contributed by atoms with van der Waals surface area (Å²) in [4.78, 5) is 16.6. The summed E-state index contributed by atoms with van der Waals surface area (Å²) in [7, 11) is 0. The van der Waals surface area contributed by atoms with Gasteiger partial charge in [0.1, 0.15) is 11.8 Å². The van der Waals surface area contributed by atoms with E-state index >= 15 is 0 Å². The van der Waals surface area contributed by atoms with E-state index in [1.807, 2.05) is 0 Å². The zero-order valence-electron chi connectivity index (χ0n) is 12.7. The Kier molecular flexibility index (Phi) is 4.24. The molecule has 1 aliphatic rings. The molecule has 0 bridgehead atoms. The van der Waals surface area contributed by atoms with Gasteiger partial charge in [-0.1, -0.05) is 5.16 Å². The molecule has 1 amide bonds. The maximum Gasteiger partial charge on any atom is 0.287 e. The van der Waals surface area contributed by atoms with Gasteiger partial charge in [-0.3, -0.25) is 4.79 Å². The lowest BCUT2D eigenvalue weighted by atomic mass is 9.91. The molecule has 0 saturated carbocycles. The van der Waals surface area contributed by atoms with E-state index in [1.165, 1.54) is 0 Å². The Morgan fingerprint density at radius 2 is 2.09 bits per heavy atom. The number of hydrogen-bond acceptors (Lipinski definition) is 6. The number of aryl methyl sites for hydroxylation is 2. The van der Waals surface area contributed by atoms with Crippen molar-refractivity contribution in [3.63, 3.8) is 0 Å². The number of amides is 1. The monoisotopic (exact) mass is 305 g/mol. The summed E-state index contributed by atoms with van der Waals surface area (Å²) in [6.07, 6.45) is 1.67. The largest absolute Gasteiger partial charge is 0.456 e. The molecule has 7 nitrogen and oxygen atoms in total. The van der Waals surface area contributed by atoms with Crippen molar-refractivity contribution in [3.05, 3.63) is 35.4 Å². The lowest BCUT2D eigenvalue weighted by Crippen LogP contribution is -2.36. The van der Waals surface area contributed by atoms with E-state index in [4.69, 9.17) is 13.7 Å². The minimum Gasteiger partial charge on any atom is -0.456 e. The highest BCUT2D eigenvalue weighted by Crippen LogP contribution is 2.29. The number of carbonyl (C=O) groups is 1. The van der Waals surface area contributed by atoms with Crippen molar-refractivity contribution in [2.45, 2.75) is 32.7 Å². The van der Waals surface area contributed by atoms with Crippen LogP contribution in [-0.2, 0) is 4.74 Å². The molecule has 2 aromatic rings. The van der Waals surface area contributed by atoms with Crippen molar-refractivity contribution in [2.24, 2.45) is 5.92 Å². The van der Waals surface area contributed by atoms with Crippen LogP contribution in [0.4, 0.5) is 0 Å². The summed E-state index contributed by atoms with van der Waals surface area (Å²) >= 11 is 0. The van der Waals surface area contributed by atoms with E-state index in [1.54, 1.807) is 26.0 Å². The first-order valence-electron chi connectivity index (χ1n) is 7.39. The number of carbonyl (C=O) groups excluding carboxylic acids is 1. The summed E-state index contributed by atoms with van der Waals surface area (Å²) < 4.78 is 16.0.